The minimum atomic E-state index is -4.66. The molecule has 1 fully saturated rings. The number of amides is 2. The first-order chi connectivity index (χ1) is 17.4. The normalized spacial score (nSPS) is 14.6. The van der Waals surface area contributed by atoms with Gasteiger partial charge < -0.3 is 15.4 Å². The summed E-state index contributed by atoms with van der Waals surface area (Å²) in [5.74, 6) is 0.0995. The molecule has 37 heavy (non-hydrogen) atoms. The van der Waals surface area contributed by atoms with Crippen LogP contribution in [0.25, 0.3) is 5.82 Å². The summed E-state index contributed by atoms with van der Waals surface area (Å²) >= 11 is 14.1. The lowest BCUT2D eigenvalue weighted by Gasteiger charge is -2.24. The number of ether oxygens (including phenoxy) is 1. The van der Waals surface area contributed by atoms with Gasteiger partial charge in [0.1, 0.15) is 17.8 Å². The third-order valence-electron chi connectivity index (χ3n) is 5.38. The van der Waals surface area contributed by atoms with Crippen LogP contribution in [0.15, 0.2) is 36.5 Å². The summed E-state index contributed by atoms with van der Waals surface area (Å²) in [7, 11) is 0. The Morgan fingerprint density at radius 3 is 2.57 bits per heavy atom. The molecule has 8 nitrogen and oxygen atoms in total. The molecule has 0 spiro atoms. The van der Waals surface area contributed by atoms with E-state index in [1.165, 1.54) is 29.1 Å². The number of carbonyl (C=O) groups excluding carboxylic acids is 2. The lowest BCUT2D eigenvalue weighted by atomic mass is 10.1. The zero-order chi connectivity index (χ0) is 26.9. The van der Waals surface area contributed by atoms with Crippen molar-refractivity contribution >= 4 is 52.5 Å². The number of halogens is 5. The molecule has 196 valence electrons. The van der Waals surface area contributed by atoms with Gasteiger partial charge in [-0.25, -0.2) is 9.67 Å². The molecule has 0 aliphatic carbocycles. The summed E-state index contributed by atoms with van der Waals surface area (Å²) < 4.78 is 46.1. The van der Waals surface area contributed by atoms with E-state index in [0.717, 1.165) is 18.4 Å². The van der Waals surface area contributed by atoms with E-state index in [2.05, 4.69) is 15.4 Å². The van der Waals surface area contributed by atoms with E-state index >= 15 is 0 Å². The Morgan fingerprint density at radius 1 is 1.22 bits per heavy atom. The van der Waals surface area contributed by atoms with Crippen molar-refractivity contribution < 1.29 is 27.5 Å². The molecule has 1 aliphatic rings. The van der Waals surface area contributed by atoms with Gasteiger partial charge in [0.2, 0.25) is 5.88 Å². The maximum Gasteiger partial charge on any atom is 0.408 e. The van der Waals surface area contributed by atoms with Crippen LogP contribution in [-0.2, 0) is 0 Å². The van der Waals surface area contributed by atoms with E-state index in [1.54, 1.807) is 30.8 Å². The number of aromatic nitrogens is 3. The van der Waals surface area contributed by atoms with Crippen molar-refractivity contribution in [3.8, 4) is 11.7 Å². The van der Waals surface area contributed by atoms with Gasteiger partial charge in [0, 0.05) is 28.8 Å². The Kier molecular flexibility index (Phi) is 7.91. The molecule has 1 atom stereocenters. The zero-order valence-corrected chi connectivity index (χ0v) is 21.7. The molecule has 14 heteroatoms. The van der Waals surface area contributed by atoms with E-state index in [1.807, 2.05) is 5.32 Å². The summed E-state index contributed by atoms with van der Waals surface area (Å²) in [6.45, 7) is 2.37. The van der Waals surface area contributed by atoms with Crippen LogP contribution < -0.4 is 15.4 Å². The first kappa shape index (κ1) is 27.1. The second kappa shape index (κ2) is 10.8. The average Bonchev–Trinajstić information content (AvgIpc) is 3.21. The molecule has 1 unspecified atom stereocenters. The van der Waals surface area contributed by atoms with Crippen molar-refractivity contribution in [2.24, 2.45) is 0 Å². The lowest BCUT2D eigenvalue weighted by Crippen LogP contribution is -2.43. The largest absolute Gasteiger partial charge is 0.472 e. The molecular weight excluding hydrogens is 554 g/mol. The number of anilines is 1. The molecule has 0 radical (unpaired) electrons. The van der Waals surface area contributed by atoms with Gasteiger partial charge in [-0.3, -0.25) is 9.59 Å². The molecular formula is C23H20Cl2F3N5O3S. The highest BCUT2D eigenvalue weighted by Crippen LogP contribution is 2.30. The number of hydrogen-bond acceptors (Lipinski definition) is 6. The summed E-state index contributed by atoms with van der Waals surface area (Å²) in [4.78, 5) is 30.4. The highest BCUT2D eigenvalue weighted by atomic mass is 35.5. The molecule has 1 saturated heterocycles. The van der Waals surface area contributed by atoms with Crippen LogP contribution in [-0.4, -0.2) is 56.4 Å². The van der Waals surface area contributed by atoms with E-state index in [0.29, 0.717) is 5.56 Å². The number of nitrogens with one attached hydrogen (secondary N) is 2. The average molecular weight is 574 g/mol. The van der Waals surface area contributed by atoms with E-state index < -0.39 is 24.0 Å². The molecule has 2 N–H and O–H groups in total. The fourth-order valence-electron chi connectivity index (χ4n) is 3.35. The van der Waals surface area contributed by atoms with Crippen LogP contribution in [0.2, 0.25) is 10.0 Å². The van der Waals surface area contributed by atoms with Crippen molar-refractivity contribution in [1.82, 2.24) is 20.1 Å². The summed E-state index contributed by atoms with van der Waals surface area (Å²) in [5, 5.41) is 9.16. The van der Waals surface area contributed by atoms with Gasteiger partial charge in [-0.15, -0.1) is 5.10 Å². The number of carbonyl (C=O) groups is 2. The van der Waals surface area contributed by atoms with Crippen molar-refractivity contribution in [3.63, 3.8) is 0 Å². The maximum absolute atomic E-state index is 13.4. The predicted octanol–water partition coefficient (Wildman–Crippen LogP) is 5.31. The molecule has 2 amide bonds. The topological polar surface area (TPSA) is 98.1 Å². The van der Waals surface area contributed by atoms with Gasteiger partial charge in [0.05, 0.1) is 16.3 Å². The number of pyridine rings is 1. The molecule has 3 aromatic rings. The molecule has 2 aromatic heterocycles. The number of benzene rings is 1. The van der Waals surface area contributed by atoms with Crippen molar-refractivity contribution in [2.45, 2.75) is 32.2 Å². The number of hydrogen-bond donors (Lipinski definition) is 2. The minimum Gasteiger partial charge on any atom is -0.472 e. The van der Waals surface area contributed by atoms with Gasteiger partial charge >= 0.3 is 6.18 Å². The fraction of sp³-hybridized carbons (Fsp3) is 0.304. The molecule has 1 aliphatic heterocycles. The number of rotatable bonds is 7. The Morgan fingerprint density at radius 2 is 1.95 bits per heavy atom. The first-order valence-corrected chi connectivity index (χ1v) is 12.8. The second-order valence-corrected chi connectivity index (χ2v) is 10.1. The maximum atomic E-state index is 13.4. The van der Waals surface area contributed by atoms with Gasteiger partial charge in [-0.05, 0) is 43.7 Å². The SMILES string of the molecule is Cc1cc(Cl)cc(C(=O)NC(C)C(F)(F)F)c1NC(=O)c1cc(OC2CSC2)nn1-c1ncccc1Cl. The molecule has 0 bridgehead atoms. The number of alkyl halides is 3. The third-order valence-corrected chi connectivity index (χ3v) is 7.10. The van der Waals surface area contributed by atoms with Crippen LogP contribution >= 0.6 is 35.0 Å². The second-order valence-electron chi connectivity index (χ2n) is 8.20. The Balaban J connectivity index is 1.70. The van der Waals surface area contributed by atoms with Crippen LogP contribution in [0.1, 0.15) is 33.3 Å². The standard InChI is InChI=1S/C23H20Cl2F3N5O3S/c1-11-6-13(24)7-15(21(34)30-12(2)23(26,27)28)19(11)31-22(35)17-8-18(36-14-9-37-10-14)32-33(17)20-16(25)4-3-5-29-20/h3-8,12,14H,9-10H2,1-2H3,(H,30,34)(H,31,35). The third kappa shape index (κ3) is 6.13. The highest BCUT2D eigenvalue weighted by molar-refractivity contribution is 8.00. The van der Waals surface area contributed by atoms with E-state index in [-0.39, 0.29) is 44.8 Å². The fourth-order valence-corrected chi connectivity index (χ4v) is 4.39. The Hall–Kier alpha value is -2.96. The molecule has 1 aromatic carbocycles. The minimum absolute atomic E-state index is 0.0148. The summed E-state index contributed by atoms with van der Waals surface area (Å²) in [5.41, 5.74) is 0.0841. The zero-order valence-electron chi connectivity index (χ0n) is 19.4. The molecule has 4 rings (SSSR count). The van der Waals surface area contributed by atoms with Crippen molar-refractivity contribution in [3.05, 3.63) is 63.4 Å². The molecule has 3 heterocycles. The monoisotopic (exact) mass is 573 g/mol. The predicted molar refractivity (Wildman–Crippen MR) is 135 cm³/mol. The number of nitrogens with zero attached hydrogens (tertiary/aromatic N) is 3. The Bertz CT molecular complexity index is 1350. The lowest BCUT2D eigenvalue weighted by molar-refractivity contribution is -0.149. The van der Waals surface area contributed by atoms with Gasteiger partial charge in [-0.2, -0.15) is 24.9 Å². The Labute approximate surface area is 223 Å². The van der Waals surface area contributed by atoms with Crippen LogP contribution in [0.5, 0.6) is 5.88 Å². The quantitative estimate of drug-likeness (QED) is 0.397. The van der Waals surface area contributed by atoms with Crippen LogP contribution in [0.4, 0.5) is 18.9 Å². The number of aryl methyl sites for hydroxylation is 1. The van der Waals surface area contributed by atoms with Crippen molar-refractivity contribution in [1.29, 1.82) is 0 Å². The van der Waals surface area contributed by atoms with Gasteiger partial charge in [0.15, 0.2) is 5.82 Å². The smallest absolute Gasteiger partial charge is 0.408 e. The first-order valence-electron chi connectivity index (χ1n) is 10.9. The molecule has 0 saturated carbocycles. The van der Waals surface area contributed by atoms with Gasteiger partial charge in [-0.1, -0.05) is 23.2 Å². The summed E-state index contributed by atoms with van der Waals surface area (Å²) in [6, 6.07) is 5.11. The highest BCUT2D eigenvalue weighted by Gasteiger charge is 2.37. The van der Waals surface area contributed by atoms with E-state index in [4.69, 9.17) is 27.9 Å². The van der Waals surface area contributed by atoms with E-state index in [9.17, 15) is 22.8 Å². The summed E-state index contributed by atoms with van der Waals surface area (Å²) in [6.07, 6.45) is -3.24. The number of thioether (sulfide) groups is 1. The van der Waals surface area contributed by atoms with Crippen LogP contribution in [0.3, 0.4) is 0 Å². The van der Waals surface area contributed by atoms with Gasteiger partial charge in [0.25, 0.3) is 11.8 Å². The van der Waals surface area contributed by atoms with Crippen molar-refractivity contribution in [2.75, 3.05) is 16.8 Å². The van der Waals surface area contributed by atoms with Crippen LogP contribution in [0, 0.1) is 6.92 Å².